The van der Waals surface area contributed by atoms with E-state index in [-0.39, 0.29) is 0 Å². The van der Waals surface area contributed by atoms with Crippen LogP contribution in [-0.4, -0.2) is 13.1 Å². The third kappa shape index (κ3) is 6.22. The van der Waals surface area contributed by atoms with E-state index in [1.165, 1.54) is 35.1 Å². The molecule has 0 aliphatic rings. The van der Waals surface area contributed by atoms with Crippen molar-refractivity contribution in [2.24, 2.45) is 11.3 Å². The maximum Gasteiger partial charge on any atom is 0.0107 e. The van der Waals surface area contributed by atoms with E-state index in [1.807, 2.05) is 0 Å². The van der Waals surface area contributed by atoms with Gasteiger partial charge in [0.25, 0.3) is 0 Å². The fraction of sp³-hybridized carbons (Fsp3) is 0.700. The molecule has 120 valence electrons. The number of rotatable bonds is 6. The van der Waals surface area contributed by atoms with Crippen molar-refractivity contribution in [2.45, 2.75) is 73.8 Å². The van der Waals surface area contributed by atoms with Crippen LogP contribution in [0.1, 0.15) is 62.8 Å². The van der Waals surface area contributed by atoms with Crippen molar-refractivity contribution in [1.29, 1.82) is 0 Å². The fourth-order valence-electron chi connectivity index (χ4n) is 3.70. The van der Waals surface area contributed by atoms with Crippen LogP contribution in [0.2, 0.25) is 0 Å². The molecule has 0 bridgehead atoms. The number of benzene rings is 1. The van der Waals surface area contributed by atoms with Gasteiger partial charge in [0, 0.05) is 6.04 Å². The van der Waals surface area contributed by atoms with Gasteiger partial charge in [-0.05, 0) is 75.1 Å². The molecular formula is C20H35N. The van der Waals surface area contributed by atoms with Crippen molar-refractivity contribution in [2.75, 3.05) is 7.05 Å². The summed E-state index contributed by atoms with van der Waals surface area (Å²) in [5.41, 5.74) is 6.21. The fourth-order valence-corrected chi connectivity index (χ4v) is 3.70. The van der Waals surface area contributed by atoms with Crippen molar-refractivity contribution >= 4 is 0 Å². The van der Waals surface area contributed by atoms with E-state index >= 15 is 0 Å². The molecule has 0 saturated heterocycles. The SMILES string of the molecule is CNC(Cc1c(C)cc(C)cc1C)CC(C)CC(C)(C)C. The van der Waals surface area contributed by atoms with Crippen LogP contribution in [0.15, 0.2) is 12.1 Å². The summed E-state index contributed by atoms with van der Waals surface area (Å²) in [5.74, 6) is 0.758. The van der Waals surface area contributed by atoms with E-state index in [0.717, 1.165) is 12.3 Å². The molecule has 1 aromatic carbocycles. The topological polar surface area (TPSA) is 12.0 Å². The van der Waals surface area contributed by atoms with Crippen LogP contribution >= 0.6 is 0 Å². The summed E-state index contributed by atoms with van der Waals surface area (Å²) in [6, 6.07) is 5.20. The Morgan fingerprint density at radius 2 is 1.57 bits per heavy atom. The molecule has 0 spiro atoms. The highest BCUT2D eigenvalue weighted by Gasteiger charge is 2.19. The molecule has 1 aromatic rings. The minimum Gasteiger partial charge on any atom is -0.317 e. The molecular weight excluding hydrogens is 254 g/mol. The summed E-state index contributed by atoms with van der Waals surface area (Å²) < 4.78 is 0. The number of hydrogen-bond donors (Lipinski definition) is 1. The van der Waals surface area contributed by atoms with Gasteiger partial charge in [-0.3, -0.25) is 0 Å². The lowest BCUT2D eigenvalue weighted by Gasteiger charge is -2.27. The van der Waals surface area contributed by atoms with Gasteiger partial charge in [-0.15, -0.1) is 0 Å². The maximum absolute atomic E-state index is 3.54. The zero-order chi connectivity index (χ0) is 16.2. The highest BCUT2D eigenvalue weighted by molar-refractivity contribution is 5.38. The smallest absolute Gasteiger partial charge is 0.0107 e. The molecule has 0 heterocycles. The first-order chi connectivity index (χ1) is 9.62. The van der Waals surface area contributed by atoms with Crippen LogP contribution in [-0.2, 0) is 6.42 Å². The molecule has 0 radical (unpaired) electrons. The first-order valence-corrected chi connectivity index (χ1v) is 8.36. The molecule has 21 heavy (non-hydrogen) atoms. The Hall–Kier alpha value is -0.820. The Morgan fingerprint density at radius 3 is 2.00 bits per heavy atom. The lowest BCUT2D eigenvalue weighted by atomic mass is 9.81. The molecule has 0 fully saturated rings. The number of aryl methyl sites for hydroxylation is 3. The Balaban J connectivity index is 2.75. The van der Waals surface area contributed by atoms with Crippen molar-refractivity contribution in [1.82, 2.24) is 5.32 Å². The van der Waals surface area contributed by atoms with Crippen LogP contribution in [0, 0.1) is 32.1 Å². The first kappa shape index (κ1) is 18.2. The van der Waals surface area contributed by atoms with Gasteiger partial charge in [-0.25, -0.2) is 0 Å². The monoisotopic (exact) mass is 289 g/mol. The van der Waals surface area contributed by atoms with E-state index in [2.05, 4.69) is 73.0 Å². The Kier molecular flexibility index (Phi) is 6.46. The molecule has 0 aliphatic heterocycles. The molecule has 0 aliphatic carbocycles. The third-order valence-corrected chi connectivity index (χ3v) is 4.35. The quantitative estimate of drug-likeness (QED) is 0.758. The summed E-state index contributed by atoms with van der Waals surface area (Å²) in [6.45, 7) is 16.1. The van der Waals surface area contributed by atoms with E-state index < -0.39 is 0 Å². The molecule has 2 atom stereocenters. The molecule has 1 nitrogen and oxygen atoms in total. The normalized spacial score (nSPS) is 15.0. The van der Waals surface area contributed by atoms with Gasteiger partial charge in [0.2, 0.25) is 0 Å². The van der Waals surface area contributed by atoms with Gasteiger partial charge in [0.05, 0.1) is 0 Å². The van der Waals surface area contributed by atoms with Crippen LogP contribution in [0.4, 0.5) is 0 Å². The number of nitrogens with one attached hydrogen (secondary N) is 1. The molecule has 1 N–H and O–H groups in total. The highest BCUT2D eigenvalue weighted by atomic mass is 14.9. The minimum atomic E-state index is 0.424. The molecule has 1 heteroatoms. The second-order valence-corrected chi connectivity index (χ2v) is 8.17. The van der Waals surface area contributed by atoms with Crippen LogP contribution in [0.3, 0.4) is 0 Å². The van der Waals surface area contributed by atoms with Gasteiger partial charge in [0.15, 0.2) is 0 Å². The van der Waals surface area contributed by atoms with Crippen molar-refractivity contribution in [3.05, 3.63) is 34.4 Å². The minimum absolute atomic E-state index is 0.424. The Morgan fingerprint density at radius 1 is 1.05 bits per heavy atom. The van der Waals surface area contributed by atoms with Gasteiger partial charge in [-0.2, -0.15) is 0 Å². The van der Waals surface area contributed by atoms with Crippen LogP contribution in [0.5, 0.6) is 0 Å². The van der Waals surface area contributed by atoms with E-state index in [9.17, 15) is 0 Å². The van der Waals surface area contributed by atoms with Crippen LogP contribution in [0.25, 0.3) is 0 Å². The molecule has 2 unspecified atom stereocenters. The van der Waals surface area contributed by atoms with E-state index in [0.29, 0.717) is 11.5 Å². The lowest BCUT2D eigenvalue weighted by molar-refractivity contribution is 0.277. The van der Waals surface area contributed by atoms with Gasteiger partial charge >= 0.3 is 0 Å². The molecule has 0 aromatic heterocycles. The molecule has 1 rings (SSSR count). The summed E-state index contributed by atoms with van der Waals surface area (Å²) in [5, 5.41) is 3.54. The second kappa shape index (κ2) is 7.45. The molecule has 0 saturated carbocycles. The second-order valence-electron chi connectivity index (χ2n) is 8.17. The summed E-state index contributed by atoms with van der Waals surface area (Å²) in [4.78, 5) is 0. The summed E-state index contributed by atoms with van der Waals surface area (Å²) in [6.07, 6.45) is 3.68. The van der Waals surface area contributed by atoms with Gasteiger partial charge in [-0.1, -0.05) is 45.4 Å². The lowest BCUT2D eigenvalue weighted by Crippen LogP contribution is -2.31. The zero-order valence-electron chi connectivity index (χ0n) is 15.4. The third-order valence-electron chi connectivity index (χ3n) is 4.35. The average Bonchev–Trinajstić information content (AvgIpc) is 2.29. The van der Waals surface area contributed by atoms with Crippen molar-refractivity contribution in [3.63, 3.8) is 0 Å². The largest absolute Gasteiger partial charge is 0.317 e. The number of likely N-dealkylation sites (N-methyl/N-ethyl adjacent to an activating group) is 1. The summed E-state index contributed by atoms with van der Waals surface area (Å²) >= 11 is 0. The van der Waals surface area contributed by atoms with Crippen molar-refractivity contribution in [3.8, 4) is 0 Å². The summed E-state index contributed by atoms with van der Waals surface area (Å²) in [7, 11) is 2.10. The number of hydrogen-bond acceptors (Lipinski definition) is 1. The average molecular weight is 290 g/mol. The highest BCUT2D eigenvalue weighted by Crippen LogP contribution is 2.28. The van der Waals surface area contributed by atoms with Crippen LogP contribution < -0.4 is 5.32 Å². The predicted octanol–water partition coefficient (Wildman–Crippen LogP) is 5.20. The zero-order valence-corrected chi connectivity index (χ0v) is 15.4. The van der Waals surface area contributed by atoms with E-state index in [4.69, 9.17) is 0 Å². The van der Waals surface area contributed by atoms with Crippen molar-refractivity contribution < 1.29 is 0 Å². The standard InChI is InChI=1S/C20H35N/c1-14-9-16(3)19(17(4)10-14)12-18(21-8)11-15(2)13-20(5,6)7/h9-10,15,18,21H,11-13H2,1-8H3. The van der Waals surface area contributed by atoms with Gasteiger partial charge in [0.1, 0.15) is 0 Å². The Bertz CT molecular complexity index is 430. The predicted molar refractivity (Wildman–Crippen MR) is 95.1 cm³/mol. The Labute approximate surface area is 132 Å². The van der Waals surface area contributed by atoms with E-state index in [1.54, 1.807) is 0 Å². The van der Waals surface area contributed by atoms with Gasteiger partial charge < -0.3 is 5.32 Å². The maximum atomic E-state index is 3.54. The molecule has 0 amide bonds. The first-order valence-electron chi connectivity index (χ1n) is 8.36.